The van der Waals surface area contributed by atoms with E-state index in [0.29, 0.717) is 11.7 Å². The van der Waals surface area contributed by atoms with E-state index in [9.17, 15) is 9.90 Å². The van der Waals surface area contributed by atoms with Gasteiger partial charge in [-0.25, -0.2) is 4.79 Å². The summed E-state index contributed by atoms with van der Waals surface area (Å²) in [5.41, 5.74) is -0.209. The fourth-order valence-electron chi connectivity index (χ4n) is 2.29. The lowest BCUT2D eigenvalue weighted by atomic mass is 9.93. The zero-order valence-electron chi connectivity index (χ0n) is 12.8. The highest BCUT2D eigenvalue weighted by Crippen LogP contribution is 2.20. The van der Waals surface area contributed by atoms with Gasteiger partial charge >= 0.3 is 6.03 Å². The molecule has 2 atom stereocenters. The predicted octanol–water partition coefficient (Wildman–Crippen LogP) is 1.47. The summed E-state index contributed by atoms with van der Waals surface area (Å²) in [4.78, 5) is 16.1. The lowest BCUT2D eigenvalue weighted by Gasteiger charge is -2.28. The van der Waals surface area contributed by atoms with Crippen LogP contribution in [0.25, 0.3) is 0 Å². The second kappa shape index (κ2) is 6.43. The van der Waals surface area contributed by atoms with Crippen LogP contribution in [0.3, 0.4) is 0 Å². The van der Waals surface area contributed by atoms with E-state index in [-0.39, 0.29) is 24.0 Å². The molecule has 2 rings (SSSR count). The first-order chi connectivity index (χ1) is 9.86. The Balaban J connectivity index is 1.80. The largest absolute Gasteiger partial charge is 0.391 e. The molecule has 1 saturated carbocycles. The number of carbonyl (C=O) groups excluding carboxylic acids is 1. The summed E-state index contributed by atoms with van der Waals surface area (Å²) in [7, 11) is 0. The fourth-order valence-corrected chi connectivity index (χ4v) is 2.29. The molecule has 0 saturated heterocycles. The summed E-state index contributed by atoms with van der Waals surface area (Å²) in [6, 6.07) is -0.489. The molecule has 0 aliphatic heterocycles. The van der Waals surface area contributed by atoms with Gasteiger partial charge in [0.05, 0.1) is 18.7 Å². The van der Waals surface area contributed by atoms with E-state index in [2.05, 4.69) is 20.8 Å². The molecule has 2 amide bonds. The number of rotatable bonds is 3. The van der Waals surface area contributed by atoms with Crippen molar-refractivity contribution in [3.05, 3.63) is 11.7 Å². The average Bonchev–Trinajstić information content (AvgIpc) is 2.88. The van der Waals surface area contributed by atoms with Crippen LogP contribution in [-0.4, -0.2) is 33.4 Å². The Kier molecular flexibility index (Phi) is 4.82. The van der Waals surface area contributed by atoms with Gasteiger partial charge in [0.1, 0.15) is 0 Å². The topological polar surface area (TPSA) is 100 Å². The number of carbonyl (C=O) groups is 1. The van der Waals surface area contributed by atoms with Gasteiger partial charge in [-0.1, -0.05) is 38.8 Å². The molecule has 7 nitrogen and oxygen atoms in total. The Bertz CT molecular complexity index is 481. The molecule has 1 aromatic rings. The maximum absolute atomic E-state index is 11.8. The summed E-state index contributed by atoms with van der Waals surface area (Å²) >= 11 is 0. The molecule has 3 N–H and O–H groups in total. The van der Waals surface area contributed by atoms with Gasteiger partial charge < -0.3 is 20.3 Å². The second-order valence-corrected chi connectivity index (χ2v) is 6.55. The van der Waals surface area contributed by atoms with Gasteiger partial charge in [-0.2, -0.15) is 4.98 Å². The Hall–Kier alpha value is -1.63. The van der Waals surface area contributed by atoms with Crippen molar-refractivity contribution < 1.29 is 14.4 Å². The van der Waals surface area contributed by atoms with Gasteiger partial charge in [0.25, 0.3) is 0 Å². The van der Waals surface area contributed by atoms with Crippen LogP contribution in [-0.2, 0) is 12.0 Å². The van der Waals surface area contributed by atoms with Gasteiger partial charge in [0, 0.05) is 5.41 Å². The van der Waals surface area contributed by atoms with Crippen molar-refractivity contribution in [2.24, 2.45) is 0 Å². The van der Waals surface area contributed by atoms with Crippen LogP contribution in [0.5, 0.6) is 0 Å². The van der Waals surface area contributed by atoms with Crippen molar-refractivity contribution in [3.8, 4) is 0 Å². The molecule has 7 heteroatoms. The smallest absolute Gasteiger partial charge is 0.315 e. The van der Waals surface area contributed by atoms with Crippen LogP contribution in [0.2, 0.25) is 0 Å². The zero-order valence-corrected chi connectivity index (χ0v) is 12.8. The van der Waals surface area contributed by atoms with Gasteiger partial charge in [0.15, 0.2) is 5.82 Å². The number of urea groups is 1. The molecule has 1 heterocycles. The SMILES string of the molecule is CC(C)(C)c1nc(CNC(=O)NC2CCCCC2O)no1. The summed E-state index contributed by atoms with van der Waals surface area (Å²) in [5, 5.41) is 19.1. The predicted molar refractivity (Wildman–Crippen MR) is 76.6 cm³/mol. The molecule has 0 radical (unpaired) electrons. The van der Waals surface area contributed by atoms with Crippen molar-refractivity contribution in [1.82, 2.24) is 20.8 Å². The standard InChI is InChI=1S/C14H24N4O3/c1-14(2,3)12-17-11(18-21-12)8-15-13(20)16-9-6-4-5-7-10(9)19/h9-10,19H,4-8H2,1-3H3,(H2,15,16,20). The van der Waals surface area contributed by atoms with E-state index in [0.717, 1.165) is 25.7 Å². The molecular weight excluding hydrogens is 272 g/mol. The van der Waals surface area contributed by atoms with Gasteiger partial charge in [-0.15, -0.1) is 0 Å². The maximum atomic E-state index is 11.8. The molecule has 2 unspecified atom stereocenters. The molecule has 118 valence electrons. The van der Waals surface area contributed by atoms with Gasteiger partial charge in [-0.05, 0) is 12.8 Å². The Morgan fingerprint density at radius 2 is 2.10 bits per heavy atom. The molecule has 0 aromatic carbocycles. The van der Waals surface area contributed by atoms with Crippen LogP contribution in [0.1, 0.15) is 58.2 Å². The molecular formula is C14H24N4O3. The molecule has 1 aromatic heterocycles. The van der Waals surface area contributed by atoms with Crippen molar-refractivity contribution in [3.63, 3.8) is 0 Å². The van der Waals surface area contributed by atoms with Crippen LogP contribution in [0, 0.1) is 0 Å². The Labute approximate surface area is 124 Å². The molecule has 0 bridgehead atoms. The van der Waals surface area contributed by atoms with Crippen LogP contribution in [0.4, 0.5) is 4.79 Å². The van der Waals surface area contributed by atoms with E-state index in [1.165, 1.54) is 0 Å². The highest BCUT2D eigenvalue weighted by Gasteiger charge is 2.25. The van der Waals surface area contributed by atoms with Gasteiger partial charge in [-0.3, -0.25) is 0 Å². The van der Waals surface area contributed by atoms with Crippen molar-refractivity contribution in [1.29, 1.82) is 0 Å². The number of aromatic nitrogens is 2. The minimum atomic E-state index is -0.456. The summed E-state index contributed by atoms with van der Waals surface area (Å²) in [6.07, 6.45) is 3.14. The minimum absolute atomic E-state index is 0.172. The summed E-state index contributed by atoms with van der Waals surface area (Å²) < 4.78 is 5.16. The van der Waals surface area contributed by atoms with Crippen molar-refractivity contribution in [2.75, 3.05) is 0 Å². The number of amides is 2. The van der Waals surface area contributed by atoms with E-state index in [1.54, 1.807) is 0 Å². The first kappa shape index (κ1) is 15.8. The monoisotopic (exact) mass is 296 g/mol. The third-order valence-electron chi connectivity index (χ3n) is 3.56. The van der Waals surface area contributed by atoms with Crippen molar-refractivity contribution >= 4 is 6.03 Å². The molecule has 0 spiro atoms. The third kappa shape index (κ3) is 4.42. The van der Waals surface area contributed by atoms with E-state index >= 15 is 0 Å². The normalized spacial score (nSPS) is 22.9. The van der Waals surface area contributed by atoms with Crippen LogP contribution < -0.4 is 10.6 Å². The Morgan fingerprint density at radius 3 is 2.71 bits per heavy atom. The number of nitrogens with one attached hydrogen (secondary N) is 2. The molecule has 1 fully saturated rings. The molecule has 1 aliphatic rings. The first-order valence-electron chi connectivity index (χ1n) is 7.42. The summed E-state index contributed by atoms with van der Waals surface area (Å²) in [6.45, 7) is 6.15. The number of aliphatic hydroxyl groups excluding tert-OH is 1. The van der Waals surface area contributed by atoms with E-state index < -0.39 is 6.10 Å². The van der Waals surface area contributed by atoms with E-state index in [4.69, 9.17) is 4.52 Å². The van der Waals surface area contributed by atoms with E-state index in [1.807, 2.05) is 20.8 Å². The lowest BCUT2D eigenvalue weighted by Crippen LogP contribution is -2.48. The highest BCUT2D eigenvalue weighted by atomic mass is 16.5. The highest BCUT2D eigenvalue weighted by molar-refractivity contribution is 5.74. The average molecular weight is 296 g/mol. The fraction of sp³-hybridized carbons (Fsp3) is 0.786. The van der Waals surface area contributed by atoms with Crippen molar-refractivity contribution in [2.45, 2.75) is 70.6 Å². The quantitative estimate of drug-likeness (QED) is 0.784. The zero-order chi connectivity index (χ0) is 15.5. The van der Waals surface area contributed by atoms with Crippen LogP contribution in [0.15, 0.2) is 4.52 Å². The maximum Gasteiger partial charge on any atom is 0.315 e. The number of aliphatic hydroxyl groups is 1. The third-order valence-corrected chi connectivity index (χ3v) is 3.56. The van der Waals surface area contributed by atoms with Gasteiger partial charge in [0.2, 0.25) is 5.89 Å². The summed E-state index contributed by atoms with van der Waals surface area (Å²) in [5.74, 6) is 0.988. The number of hydrogen-bond acceptors (Lipinski definition) is 5. The lowest BCUT2D eigenvalue weighted by molar-refractivity contribution is 0.0943. The minimum Gasteiger partial charge on any atom is -0.391 e. The number of hydrogen-bond donors (Lipinski definition) is 3. The number of nitrogens with zero attached hydrogens (tertiary/aromatic N) is 2. The van der Waals surface area contributed by atoms with Crippen LogP contribution >= 0.6 is 0 Å². The first-order valence-corrected chi connectivity index (χ1v) is 7.42. The molecule has 21 heavy (non-hydrogen) atoms. The molecule has 1 aliphatic carbocycles. The Morgan fingerprint density at radius 1 is 1.38 bits per heavy atom. The second-order valence-electron chi connectivity index (χ2n) is 6.55.